The lowest BCUT2D eigenvalue weighted by Crippen LogP contribution is -2.45. The number of hydrogen-bond donors (Lipinski definition) is 0. The van der Waals surface area contributed by atoms with E-state index in [1.807, 2.05) is 0 Å². The van der Waals surface area contributed by atoms with Gasteiger partial charge in [0.1, 0.15) is 6.04 Å². The molecular formula is C7H12NO4S-. The molecule has 0 N–H and O–H groups in total. The van der Waals surface area contributed by atoms with Gasteiger partial charge in [-0.3, -0.25) is 9.00 Å². The predicted octanol–water partition coefficient (Wildman–Crippen LogP) is -0.192. The first kappa shape index (κ1) is 10.6. The molecule has 0 aromatic rings. The molecule has 0 aliphatic carbocycles. The highest BCUT2D eigenvalue weighted by Gasteiger charge is 2.29. The van der Waals surface area contributed by atoms with E-state index >= 15 is 0 Å². The summed E-state index contributed by atoms with van der Waals surface area (Å²) in [6, 6.07) is -0.614. The lowest BCUT2D eigenvalue weighted by Gasteiger charge is -2.34. The van der Waals surface area contributed by atoms with E-state index in [1.165, 1.54) is 7.11 Å². The van der Waals surface area contributed by atoms with Crippen molar-refractivity contribution < 1.29 is 18.3 Å². The van der Waals surface area contributed by atoms with Crippen molar-refractivity contribution in [1.82, 2.24) is 4.31 Å². The molecule has 1 aliphatic heterocycles. The molecule has 1 fully saturated rings. The largest absolute Gasteiger partial charge is 0.760 e. The van der Waals surface area contributed by atoms with E-state index in [1.54, 1.807) is 0 Å². The van der Waals surface area contributed by atoms with E-state index < -0.39 is 23.3 Å². The summed E-state index contributed by atoms with van der Waals surface area (Å²) in [5.74, 6) is -0.469. The highest BCUT2D eigenvalue weighted by Crippen LogP contribution is 2.18. The van der Waals surface area contributed by atoms with Crippen LogP contribution in [0.5, 0.6) is 0 Å². The summed E-state index contributed by atoms with van der Waals surface area (Å²) in [6.07, 6.45) is 2.23. The van der Waals surface area contributed by atoms with Gasteiger partial charge in [0.2, 0.25) is 0 Å². The van der Waals surface area contributed by atoms with Crippen LogP contribution in [-0.2, 0) is 20.8 Å². The zero-order valence-electron chi connectivity index (χ0n) is 7.39. The van der Waals surface area contributed by atoms with Crippen LogP contribution in [0.25, 0.3) is 0 Å². The number of rotatable bonds is 2. The first-order valence-corrected chi connectivity index (χ1v) is 5.14. The van der Waals surface area contributed by atoms with Gasteiger partial charge in [0.15, 0.2) is 0 Å². The van der Waals surface area contributed by atoms with E-state index in [0.29, 0.717) is 13.0 Å². The molecule has 13 heavy (non-hydrogen) atoms. The van der Waals surface area contributed by atoms with Crippen LogP contribution in [0.3, 0.4) is 0 Å². The molecule has 0 saturated carbocycles. The summed E-state index contributed by atoms with van der Waals surface area (Å²) in [5, 5.41) is 0. The first-order chi connectivity index (χ1) is 6.16. The van der Waals surface area contributed by atoms with Crippen LogP contribution in [0.15, 0.2) is 0 Å². The van der Waals surface area contributed by atoms with Gasteiger partial charge < -0.3 is 9.29 Å². The maximum Gasteiger partial charge on any atom is 0.324 e. The monoisotopic (exact) mass is 206 g/mol. The van der Waals surface area contributed by atoms with Crippen molar-refractivity contribution in [2.24, 2.45) is 0 Å². The van der Waals surface area contributed by atoms with E-state index in [-0.39, 0.29) is 0 Å². The number of hydrogen-bond acceptors (Lipinski definition) is 4. The minimum Gasteiger partial charge on any atom is -0.760 e. The molecule has 0 aromatic carbocycles. The summed E-state index contributed by atoms with van der Waals surface area (Å²) in [5.41, 5.74) is 0. The first-order valence-electron chi connectivity index (χ1n) is 4.10. The van der Waals surface area contributed by atoms with Crippen molar-refractivity contribution in [2.75, 3.05) is 13.7 Å². The van der Waals surface area contributed by atoms with E-state index in [9.17, 15) is 13.6 Å². The Morgan fingerprint density at radius 1 is 1.62 bits per heavy atom. The molecule has 1 rings (SSSR count). The SMILES string of the molecule is COC(=O)C1CCCCN1S(=O)[O-]. The van der Waals surface area contributed by atoms with Crippen molar-refractivity contribution >= 4 is 17.2 Å². The minimum atomic E-state index is -2.32. The number of piperidine rings is 1. The van der Waals surface area contributed by atoms with Crippen LogP contribution in [0.4, 0.5) is 0 Å². The Morgan fingerprint density at radius 2 is 2.31 bits per heavy atom. The molecule has 0 radical (unpaired) electrons. The molecular weight excluding hydrogens is 194 g/mol. The fraction of sp³-hybridized carbons (Fsp3) is 0.857. The summed E-state index contributed by atoms with van der Waals surface area (Å²) in [4.78, 5) is 11.1. The van der Waals surface area contributed by atoms with Gasteiger partial charge >= 0.3 is 5.97 Å². The van der Waals surface area contributed by atoms with Crippen LogP contribution in [0.1, 0.15) is 19.3 Å². The number of carbonyl (C=O) groups excluding carboxylic acids is 1. The van der Waals surface area contributed by atoms with Gasteiger partial charge in [-0.2, -0.15) is 0 Å². The molecule has 6 heteroatoms. The summed E-state index contributed by atoms with van der Waals surface area (Å²) < 4.78 is 27.1. The molecule has 76 valence electrons. The number of carbonyl (C=O) groups is 1. The topological polar surface area (TPSA) is 69.7 Å². The van der Waals surface area contributed by atoms with Crippen molar-refractivity contribution in [2.45, 2.75) is 25.3 Å². The normalized spacial score (nSPS) is 26.8. The Kier molecular flexibility index (Phi) is 3.83. The fourth-order valence-corrected chi connectivity index (χ4v) is 2.13. The summed E-state index contributed by atoms with van der Waals surface area (Å²) in [6.45, 7) is 0.413. The Bertz CT molecular complexity index is 221. The zero-order valence-corrected chi connectivity index (χ0v) is 8.21. The second kappa shape index (κ2) is 4.69. The molecule has 0 aromatic heterocycles. The Labute approximate surface area is 79.5 Å². The third kappa shape index (κ3) is 2.49. The second-order valence-electron chi connectivity index (χ2n) is 2.89. The number of methoxy groups -OCH3 is 1. The third-order valence-electron chi connectivity index (χ3n) is 2.12. The van der Waals surface area contributed by atoms with Gasteiger partial charge in [-0.25, -0.2) is 4.31 Å². The number of nitrogens with zero attached hydrogens (tertiary/aromatic N) is 1. The highest BCUT2D eigenvalue weighted by atomic mass is 32.2. The van der Waals surface area contributed by atoms with Gasteiger partial charge in [0.25, 0.3) is 0 Å². The van der Waals surface area contributed by atoms with Crippen molar-refractivity contribution in [3.05, 3.63) is 0 Å². The van der Waals surface area contributed by atoms with E-state index in [0.717, 1.165) is 17.1 Å². The average molecular weight is 206 g/mol. The lowest BCUT2D eigenvalue weighted by molar-refractivity contribution is -0.146. The summed E-state index contributed by atoms with van der Waals surface area (Å²) >= 11 is -2.32. The second-order valence-corrected chi connectivity index (χ2v) is 3.80. The highest BCUT2D eigenvalue weighted by molar-refractivity contribution is 7.76. The minimum absolute atomic E-state index is 0.413. The quantitative estimate of drug-likeness (QED) is 0.463. The van der Waals surface area contributed by atoms with Crippen molar-refractivity contribution in [1.29, 1.82) is 0 Å². The smallest absolute Gasteiger partial charge is 0.324 e. The molecule has 0 spiro atoms. The van der Waals surface area contributed by atoms with Crippen LogP contribution in [0.2, 0.25) is 0 Å². The predicted molar refractivity (Wildman–Crippen MR) is 45.3 cm³/mol. The van der Waals surface area contributed by atoms with Gasteiger partial charge in [-0.05, 0) is 19.3 Å². The zero-order chi connectivity index (χ0) is 9.84. The van der Waals surface area contributed by atoms with E-state index in [4.69, 9.17) is 0 Å². The van der Waals surface area contributed by atoms with Crippen LogP contribution < -0.4 is 0 Å². The van der Waals surface area contributed by atoms with Crippen LogP contribution in [0, 0.1) is 0 Å². The molecule has 0 bridgehead atoms. The van der Waals surface area contributed by atoms with Crippen molar-refractivity contribution in [3.8, 4) is 0 Å². The maximum atomic E-state index is 11.1. The van der Waals surface area contributed by atoms with Gasteiger partial charge in [0.05, 0.1) is 7.11 Å². The molecule has 1 aliphatic rings. The van der Waals surface area contributed by atoms with E-state index in [2.05, 4.69) is 4.74 Å². The molecule has 2 unspecified atom stereocenters. The maximum absolute atomic E-state index is 11.1. The fourth-order valence-electron chi connectivity index (χ4n) is 1.46. The van der Waals surface area contributed by atoms with Crippen molar-refractivity contribution in [3.63, 3.8) is 0 Å². The standard InChI is InChI=1S/C7H13NO4S/c1-12-7(9)6-4-2-3-5-8(6)13(10)11/h6H,2-5H2,1H3,(H,10,11)/p-1. The molecule has 0 amide bonds. The van der Waals surface area contributed by atoms with Crippen LogP contribution >= 0.6 is 0 Å². The summed E-state index contributed by atoms with van der Waals surface area (Å²) in [7, 11) is 1.27. The molecule has 2 atom stereocenters. The number of esters is 1. The van der Waals surface area contributed by atoms with Crippen LogP contribution in [-0.4, -0.2) is 38.7 Å². The van der Waals surface area contributed by atoms with Gasteiger partial charge in [-0.15, -0.1) is 0 Å². The molecule has 5 nitrogen and oxygen atoms in total. The average Bonchev–Trinajstić information content (AvgIpc) is 2.16. The molecule has 1 saturated heterocycles. The number of ether oxygens (including phenoxy) is 1. The van der Waals surface area contributed by atoms with Gasteiger partial charge in [0, 0.05) is 17.8 Å². The molecule has 1 heterocycles. The third-order valence-corrected chi connectivity index (χ3v) is 2.94. The lowest BCUT2D eigenvalue weighted by atomic mass is 10.1. The Balaban J connectivity index is 2.67. The Hall–Kier alpha value is -0.460. The Morgan fingerprint density at radius 3 is 2.85 bits per heavy atom. The van der Waals surface area contributed by atoms with Gasteiger partial charge in [-0.1, -0.05) is 0 Å².